The van der Waals surface area contributed by atoms with Crippen molar-refractivity contribution in [1.82, 2.24) is 19.7 Å². The smallest absolute Gasteiger partial charge is 0.236 e. The van der Waals surface area contributed by atoms with Crippen molar-refractivity contribution < 1.29 is 9.21 Å². The molecule has 0 aliphatic heterocycles. The second-order valence-corrected chi connectivity index (χ2v) is 2.80. The van der Waals surface area contributed by atoms with Gasteiger partial charge in [0.05, 0.1) is 6.33 Å². The molecule has 0 saturated heterocycles. The van der Waals surface area contributed by atoms with Crippen LogP contribution in [-0.4, -0.2) is 26.0 Å². The van der Waals surface area contributed by atoms with E-state index in [1.807, 2.05) is 0 Å². The SMILES string of the molecule is Cc1nnc(Cn2cnc(C=O)c2)o1. The van der Waals surface area contributed by atoms with Crippen molar-refractivity contribution in [2.24, 2.45) is 0 Å². The van der Waals surface area contributed by atoms with E-state index in [0.717, 1.165) is 0 Å². The second kappa shape index (κ2) is 3.41. The minimum Gasteiger partial charge on any atom is -0.424 e. The van der Waals surface area contributed by atoms with Crippen molar-refractivity contribution in [1.29, 1.82) is 0 Å². The highest BCUT2D eigenvalue weighted by molar-refractivity contribution is 5.70. The Hall–Kier alpha value is -1.98. The molecule has 0 aliphatic rings. The van der Waals surface area contributed by atoms with E-state index in [4.69, 9.17) is 4.42 Å². The van der Waals surface area contributed by atoms with Gasteiger partial charge >= 0.3 is 0 Å². The predicted octanol–water partition coefficient (Wildman–Crippen LogP) is 0.435. The zero-order valence-corrected chi connectivity index (χ0v) is 7.54. The Kier molecular flexibility index (Phi) is 2.10. The maximum Gasteiger partial charge on any atom is 0.236 e. The van der Waals surface area contributed by atoms with Crippen LogP contribution < -0.4 is 0 Å². The number of hydrogen-bond acceptors (Lipinski definition) is 5. The van der Waals surface area contributed by atoms with E-state index in [9.17, 15) is 4.79 Å². The molecule has 0 bridgehead atoms. The molecule has 0 N–H and O–H groups in total. The van der Waals surface area contributed by atoms with Gasteiger partial charge in [-0.3, -0.25) is 4.79 Å². The molecule has 0 saturated carbocycles. The normalized spacial score (nSPS) is 10.4. The molecule has 0 radical (unpaired) electrons. The van der Waals surface area contributed by atoms with Crippen LogP contribution in [0.3, 0.4) is 0 Å². The summed E-state index contributed by atoms with van der Waals surface area (Å²) in [4.78, 5) is 14.2. The van der Waals surface area contributed by atoms with Crippen LogP contribution in [0.15, 0.2) is 16.9 Å². The van der Waals surface area contributed by atoms with Crippen molar-refractivity contribution in [3.8, 4) is 0 Å². The van der Waals surface area contributed by atoms with E-state index < -0.39 is 0 Å². The number of imidazole rings is 1. The van der Waals surface area contributed by atoms with Crippen LogP contribution in [-0.2, 0) is 6.54 Å². The molecule has 0 aliphatic carbocycles. The van der Waals surface area contributed by atoms with E-state index in [-0.39, 0.29) is 0 Å². The molecule has 6 heteroatoms. The predicted molar refractivity (Wildman–Crippen MR) is 45.8 cm³/mol. The summed E-state index contributed by atoms with van der Waals surface area (Å²) in [6, 6.07) is 0. The molecule has 6 nitrogen and oxygen atoms in total. The highest BCUT2D eigenvalue weighted by Crippen LogP contribution is 2.01. The fourth-order valence-electron chi connectivity index (χ4n) is 1.08. The monoisotopic (exact) mass is 192 g/mol. The highest BCUT2D eigenvalue weighted by atomic mass is 16.4. The van der Waals surface area contributed by atoms with Crippen LogP contribution in [0.1, 0.15) is 22.3 Å². The molecular formula is C8H8N4O2. The Morgan fingerprint density at radius 2 is 2.43 bits per heavy atom. The van der Waals surface area contributed by atoms with Gasteiger partial charge in [-0.25, -0.2) is 4.98 Å². The average molecular weight is 192 g/mol. The summed E-state index contributed by atoms with van der Waals surface area (Å²) in [5.41, 5.74) is 0.390. The lowest BCUT2D eigenvalue weighted by atomic mass is 10.5. The first-order valence-electron chi connectivity index (χ1n) is 4.04. The van der Waals surface area contributed by atoms with Gasteiger partial charge in [0.1, 0.15) is 12.2 Å². The molecule has 0 fully saturated rings. The molecule has 0 spiro atoms. The van der Waals surface area contributed by atoms with Gasteiger partial charge in [-0.1, -0.05) is 0 Å². The minimum atomic E-state index is 0.390. The quantitative estimate of drug-likeness (QED) is 0.659. The first-order chi connectivity index (χ1) is 6.78. The van der Waals surface area contributed by atoms with Crippen molar-refractivity contribution in [2.75, 3.05) is 0 Å². The van der Waals surface area contributed by atoms with Crippen molar-refractivity contribution in [2.45, 2.75) is 13.5 Å². The van der Waals surface area contributed by atoms with E-state index in [1.54, 1.807) is 24.0 Å². The first kappa shape index (κ1) is 8.61. The van der Waals surface area contributed by atoms with Crippen molar-refractivity contribution in [3.05, 3.63) is 30.0 Å². The summed E-state index contributed by atoms with van der Waals surface area (Å²) in [6.07, 6.45) is 3.85. The van der Waals surface area contributed by atoms with Crippen molar-refractivity contribution >= 4 is 6.29 Å². The van der Waals surface area contributed by atoms with Gasteiger partial charge in [0.2, 0.25) is 11.8 Å². The maximum absolute atomic E-state index is 10.3. The van der Waals surface area contributed by atoms with Crippen LogP contribution in [0.4, 0.5) is 0 Å². The summed E-state index contributed by atoms with van der Waals surface area (Å²) in [5, 5.41) is 7.51. The van der Waals surface area contributed by atoms with Crippen LogP contribution in [0, 0.1) is 6.92 Å². The molecular weight excluding hydrogens is 184 g/mol. The molecule has 0 unspecified atom stereocenters. The zero-order chi connectivity index (χ0) is 9.97. The third-order valence-corrected chi connectivity index (χ3v) is 1.66. The lowest BCUT2D eigenvalue weighted by Gasteiger charge is -1.93. The van der Waals surface area contributed by atoms with E-state index >= 15 is 0 Å². The van der Waals surface area contributed by atoms with Gasteiger partial charge in [-0.05, 0) is 0 Å². The van der Waals surface area contributed by atoms with Gasteiger partial charge in [-0.15, -0.1) is 10.2 Å². The fourth-order valence-corrected chi connectivity index (χ4v) is 1.08. The number of hydrogen-bond donors (Lipinski definition) is 0. The number of carbonyl (C=O) groups excluding carboxylic acids is 1. The standard InChI is InChI=1S/C8H8N4O2/c1-6-10-11-8(14-6)3-12-2-7(4-13)9-5-12/h2,4-5H,3H2,1H3. The second-order valence-electron chi connectivity index (χ2n) is 2.80. The Morgan fingerprint density at radius 3 is 3.00 bits per heavy atom. The van der Waals surface area contributed by atoms with E-state index in [1.165, 1.54) is 0 Å². The number of aldehydes is 1. The molecule has 0 amide bonds. The fraction of sp³-hybridized carbons (Fsp3) is 0.250. The van der Waals surface area contributed by atoms with E-state index in [2.05, 4.69) is 15.2 Å². The molecule has 72 valence electrons. The Morgan fingerprint density at radius 1 is 1.57 bits per heavy atom. The molecule has 0 aromatic carbocycles. The summed E-state index contributed by atoms with van der Waals surface area (Å²) >= 11 is 0. The molecule has 0 atom stereocenters. The van der Waals surface area contributed by atoms with Crippen LogP contribution in [0.5, 0.6) is 0 Å². The Bertz CT molecular complexity index is 446. The lowest BCUT2D eigenvalue weighted by molar-refractivity contribution is 0.111. The van der Waals surface area contributed by atoms with Crippen LogP contribution in [0.2, 0.25) is 0 Å². The molecule has 14 heavy (non-hydrogen) atoms. The number of nitrogens with zero attached hydrogens (tertiary/aromatic N) is 4. The Labute approximate surface area is 79.6 Å². The molecule has 2 aromatic heterocycles. The van der Waals surface area contributed by atoms with Gasteiger partial charge in [0.25, 0.3) is 0 Å². The molecule has 2 heterocycles. The van der Waals surface area contributed by atoms with Crippen molar-refractivity contribution in [3.63, 3.8) is 0 Å². The summed E-state index contributed by atoms with van der Waals surface area (Å²) in [6.45, 7) is 2.16. The number of rotatable bonds is 3. The third-order valence-electron chi connectivity index (χ3n) is 1.66. The average Bonchev–Trinajstić information content (AvgIpc) is 2.76. The summed E-state index contributed by atoms with van der Waals surface area (Å²) < 4.78 is 6.88. The summed E-state index contributed by atoms with van der Waals surface area (Å²) in [7, 11) is 0. The molecule has 2 rings (SSSR count). The van der Waals surface area contributed by atoms with Gasteiger partial charge in [0.15, 0.2) is 6.29 Å². The molecule has 2 aromatic rings. The van der Waals surface area contributed by atoms with Gasteiger partial charge in [-0.2, -0.15) is 0 Å². The number of aryl methyl sites for hydroxylation is 1. The van der Waals surface area contributed by atoms with Crippen LogP contribution in [0.25, 0.3) is 0 Å². The largest absolute Gasteiger partial charge is 0.424 e. The Balaban J connectivity index is 2.14. The topological polar surface area (TPSA) is 73.8 Å². The van der Waals surface area contributed by atoms with Gasteiger partial charge < -0.3 is 8.98 Å². The van der Waals surface area contributed by atoms with E-state index in [0.29, 0.717) is 30.3 Å². The first-order valence-corrected chi connectivity index (χ1v) is 4.04. The zero-order valence-electron chi connectivity index (χ0n) is 7.54. The number of carbonyl (C=O) groups is 1. The minimum absolute atomic E-state index is 0.390. The van der Waals surface area contributed by atoms with Gasteiger partial charge in [0, 0.05) is 13.1 Å². The number of aromatic nitrogens is 4. The maximum atomic E-state index is 10.3. The summed E-state index contributed by atoms with van der Waals surface area (Å²) in [5.74, 6) is 1.02. The van der Waals surface area contributed by atoms with Crippen LogP contribution >= 0.6 is 0 Å². The highest BCUT2D eigenvalue weighted by Gasteiger charge is 2.03. The lowest BCUT2D eigenvalue weighted by Crippen LogP contribution is -1.96. The third kappa shape index (κ3) is 1.68.